The second kappa shape index (κ2) is 5.73. The van der Waals surface area contributed by atoms with Crippen LogP contribution in [0.1, 0.15) is 24.8 Å². The Labute approximate surface area is 112 Å². The number of rotatable bonds is 3. The molecular weight excluding hydrogens is 242 g/mol. The lowest BCUT2D eigenvalue weighted by atomic mass is 10.00. The van der Waals surface area contributed by atoms with Crippen LogP contribution < -0.4 is 11.5 Å². The highest BCUT2D eigenvalue weighted by atomic mass is 16.2. The molecule has 1 aliphatic heterocycles. The van der Waals surface area contributed by atoms with Crippen molar-refractivity contribution in [1.82, 2.24) is 4.90 Å². The zero-order valence-corrected chi connectivity index (χ0v) is 10.8. The van der Waals surface area contributed by atoms with E-state index >= 15 is 0 Å². The summed E-state index contributed by atoms with van der Waals surface area (Å²) in [7, 11) is 0. The molecule has 1 unspecified atom stereocenters. The van der Waals surface area contributed by atoms with Crippen LogP contribution in [-0.4, -0.2) is 29.3 Å². The Morgan fingerprint density at radius 2 is 2.11 bits per heavy atom. The van der Waals surface area contributed by atoms with E-state index in [9.17, 15) is 9.59 Å². The summed E-state index contributed by atoms with van der Waals surface area (Å²) in [6.07, 6.45) is 2.79. The molecule has 1 aromatic rings. The van der Waals surface area contributed by atoms with Crippen LogP contribution >= 0.6 is 0 Å². The van der Waals surface area contributed by atoms with E-state index in [-0.39, 0.29) is 12.3 Å². The molecular formula is C14H19N3O2. The van der Waals surface area contributed by atoms with Crippen molar-refractivity contribution in [2.45, 2.75) is 31.7 Å². The molecule has 1 heterocycles. The molecule has 4 N–H and O–H groups in total. The van der Waals surface area contributed by atoms with E-state index in [1.54, 1.807) is 17.0 Å². The van der Waals surface area contributed by atoms with Crippen LogP contribution in [0.3, 0.4) is 0 Å². The van der Waals surface area contributed by atoms with Crippen molar-refractivity contribution in [3.63, 3.8) is 0 Å². The predicted octanol–water partition coefficient (Wildman–Crippen LogP) is 0.678. The molecule has 5 heteroatoms. The Bertz CT molecular complexity index is 487. The second-order valence-corrected chi connectivity index (χ2v) is 4.92. The van der Waals surface area contributed by atoms with Crippen LogP contribution in [0, 0.1) is 0 Å². The van der Waals surface area contributed by atoms with E-state index in [4.69, 9.17) is 11.5 Å². The number of piperidine rings is 1. The van der Waals surface area contributed by atoms with Gasteiger partial charge in [0.15, 0.2) is 0 Å². The zero-order chi connectivity index (χ0) is 13.8. The first-order valence-corrected chi connectivity index (χ1v) is 6.51. The van der Waals surface area contributed by atoms with Crippen molar-refractivity contribution >= 4 is 17.5 Å². The number of hydrogen-bond acceptors (Lipinski definition) is 3. The van der Waals surface area contributed by atoms with Gasteiger partial charge in [-0.1, -0.05) is 12.1 Å². The van der Waals surface area contributed by atoms with Gasteiger partial charge in [0.05, 0.1) is 6.42 Å². The Kier molecular flexibility index (Phi) is 4.04. The molecule has 0 spiro atoms. The fourth-order valence-corrected chi connectivity index (χ4v) is 2.51. The van der Waals surface area contributed by atoms with Crippen LogP contribution in [0.5, 0.6) is 0 Å². The maximum atomic E-state index is 12.3. The smallest absolute Gasteiger partial charge is 0.240 e. The van der Waals surface area contributed by atoms with Crippen LogP contribution in [0.4, 0.5) is 5.69 Å². The SMILES string of the molecule is NC(=O)C1CCCCN1C(=O)Cc1cccc(N)c1. The molecule has 5 nitrogen and oxygen atoms in total. The standard InChI is InChI=1S/C14H19N3O2/c15-11-5-3-4-10(8-11)9-13(18)17-7-2-1-6-12(17)14(16)19/h3-5,8,12H,1-2,6-7,9,15H2,(H2,16,19). The molecule has 2 rings (SSSR count). The third-order valence-electron chi connectivity index (χ3n) is 3.46. The van der Waals surface area contributed by atoms with Gasteiger partial charge in [0.2, 0.25) is 11.8 Å². The van der Waals surface area contributed by atoms with E-state index in [1.807, 2.05) is 12.1 Å². The predicted molar refractivity (Wildman–Crippen MR) is 73.1 cm³/mol. The average Bonchev–Trinajstić information content (AvgIpc) is 2.38. The molecule has 102 valence electrons. The fraction of sp³-hybridized carbons (Fsp3) is 0.429. The van der Waals surface area contributed by atoms with Gasteiger partial charge in [-0.25, -0.2) is 0 Å². The zero-order valence-electron chi connectivity index (χ0n) is 10.8. The van der Waals surface area contributed by atoms with Gasteiger partial charge in [-0.15, -0.1) is 0 Å². The number of amides is 2. The Hall–Kier alpha value is -2.04. The topological polar surface area (TPSA) is 89.4 Å². The lowest BCUT2D eigenvalue weighted by Gasteiger charge is -2.33. The minimum absolute atomic E-state index is 0.0610. The normalized spacial score (nSPS) is 19.2. The van der Waals surface area contributed by atoms with Crippen molar-refractivity contribution < 1.29 is 9.59 Å². The minimum atomic E-state index is -0.456. The minimum Gasteiger partial charge on any atom is -0.399 e. The summed E-state index contributed by atoms with van der Waals surface area (Å²) in [4.78, 5) is 25.3. The second-order valence-electron chi connectivity index (χ2n) is 4.92. The molecule has 1 fully saturated rings. The summed E-state index contributed by atoms with van der Waals surface area (Å²) in [5.41, 5.74) is 12.5. The number of nitrogens with zero attached hydrogens (tertiary/aromatic N) is 1. The highest BCUT2D eigenvalue weighted by Crippen LogP contribution is 2.18. The van der Waals surface area contributed by atoms with Crippen molar-refractivity contribution in [2.75, 3.05) is 12.3 Å². The van der Waals surface area contributed by atoms with Gasteiger partial charge < -0.3 is 16.4 Å². The fourth-order valence-electron chi connectivity index (χ4n) is 2.51. The van der Waals surface area contributed by atoms with Gasteiger partial charge in [-0.2, -0.15) is 0 Å². The number of anilines is 1. The number of hydrogen-bond donors (Lipinski definition) is 2. The highest BCUT2D eigenvalue weighted by molar-refractivity contribution is 5.87. The molecule has 1 saturated heterocycles. The molecule has 0 aliphatic carbocycles. The first-order valence-electron chi connectivity index (χ1n) is 6.51. The Morgan fingerprint density at radius 1 is 1.32 bits per heavy atom. The highest BCUT2D eigenvalue weighted by Gasteiger charge is 2.30. The van der Waals surface area contributed by atoms with E-state index < -0.39 is 11.9 Å². The number of nitrogen functional groups attached to an aromatic ring is 1. The lowest BCUT2D eigenvalue weighted by Crippen LogP contribution is -2.50. The molecule has 0 saturated carbocycles. The lowest BCUT2D eigenvalue weighted by molar-refractivity contribution is -0.140. The maximum absolute atomic E-state index is 12.3. The van der Waals surface area contributed by atoms with E-state index in [1.165, 1.54) is 0 Å². The number of carbonyl (C=O) groups is 2. The Morgan fingerprint density at radius 3 is 2.79 bits per heavy atom. The molecule has 1 aliphatic rings. The van der Waals surface area contributed by atoms with Crippen LogP contribution in [-0.2, 0) is 16.0 Å². The average molecular weight is 261 g/mol. The van der Waals surface area contributed by atoms with Gasteiger partial charge in [-0.05, 0) is 37.0 Å². The van der Waals surface area contributed by atoms with Gasteiger partial charge >= 0.3 is 0 Å². The summed E-state index contributed by atoms with van der Waals surface area (Å²) >= 11 is 0. The summed E-state index contributed by atoms with van der Waals surface area (Å²) in [6.45, 7) is 0.606. The molecule has 1 aromatic carbocycles. The van der Waals surface area contributed by atoms with Crippen LogP contribution in [0.15, 0.2) is 24.3 Å². The summed E-state index contributed by atoms with van der Waals surface area (Å²) < 4.78 is 0. The van der Waals surface area contributed by atoms with Gasteiger partial charge in [0.1, 0.15) is 6.04 Å². The number of nitrogens with two attached hydrogens (primary N) is 2. The quantitative estimate of drug-likeness (QED) is 0.784. The molecule has 19 heavy (non-hydrogen) atoms. The number of primary amides is 1. The first-order chi connectivity index (χ1) is 9.08. The number of benzene rings is 1. The van der Waals surface area contributed by atoms with E-state index in [0.717, 1.165) is 18.4 Å². The van der Waals surface area contributed by atoms with Gasteiger partial charge in [0.25, 0.3) is 0 Å². The maximum Gasteiger partial charge on any atom is 0.240 e. The van der Waals surface area contributed by atoms with Crippen molar-refractivity contribution in [3.8, 4) is 0 Å². The third-order valence-corrected chi connectivity index (χ3v) is 3.46. The number of likely N-dealkylation sites (tertiary alicyclic amines) is 1. The monoisotopic (exact) mass is 261 g/mol. The summed E-state index contributed by atoms with van der Waals surface area (Å²) in [5.74, 6) is -0.477. The first kappa shape index (κ1) is 13.4. The van der Waals surface area contributed by atoms with Gasteiger partial charge in [0, 0.05) is 12.2 Å². The van der Waals surface area contributed by atoms with E-state index in [0.29, 0.717) is 18.7 Å². The summed E-state index contributed by atoms with van der Waals surface area (Å²) in [6, 6.07) is 6.78. The summed E-state index contributed by atoms with van der Waals surface area (Å²) in [5, 5.41) is 0. The van der Waals surface area contributed by atoms with Crippen LogP contribution in [0.2, 0.25) is 0 Å². The van der Waals surface area contributed by atoms with E-state index in [2.05, 4.69) is 0 Å². The molecule has 2 amide bonds. The molecule has 0 aromatic heterocycles. The largest absolute Gasteiger partial charge is 0.399 e. The van der Waals surface area contributed by atoms with Gasteiger partial charge in [-0.3, -0.25) is 9.59 Å². The number of carbonyl (C=O) groups excluding carboxylic acids is 2. The van der Waals surface area contributed by atoms with Crippen molar-refractivity contribution in [2.24, 2.45) is 5.73 Å². The van der Waals surface area contributed by atoms with Crippen molar-refractivity contribution in [3.05, 3.63) is 29.8 Å². The van der Waals surface area contributed by atoms with Crippen LogP contribution in [0.25, 0.3) is 0 Å². The molecule has 0 radical (unpaired) electrons. The van der Waals surface area contributed by atoms with Crippen molar-refractivity contribution in [1.29, 1.82) is 0 Å². The Balaban J connectivity index is 2.07. The molecule has 1 atom stereocenters. The molecule has 0 bridgehead atoms. The third kappa shape index (κ3) is 3.24.